The predicted octanol–water partition coefficient (Wildman–Crippen LogP) is 2.23. The highest BCUT2D eigenvalue weighted by atomic mass is 32.1. The molecular formula is C34H42N8O7S. The monoisotopic (exact) mass is 706 g/mol. The van der Waals surface area contributed by atoms with Crippen LogP contribution in [0.25, 0.3) is 10.2 Å². The van der Waals surface area contributed by atoms with Gasteiger partial charge in [0.05, 0.1) is 28.1 Å². The summed E-state index contributed by atoms with van der Waals surface area (Å²) in [6.45, 7) is 3.38. The summed E-state index contributed by atoms with van der Waals surface area (Å²) >= 11 is 1.19. The highest BCUT2D eigenvalue weighted by Crippen LogP contribution is 2.34. The van der Waals surface area contributed by atoms with E-state index in [9.17, 15) is 29.1 Å². The number of carbonyl (C=O) groups excluding carboxylic acids is 5. The summed E-state index contributed by atoms with van der Waals surface area (Å²) in [5.41, 5.74) is 3.53. The zero-order valence-electron chi connectivity index (χ0n) is 28.2. The molecule has 50 heavy (non-hydrogen) atoms. The van der Waals surface area contributed by atoms with Crippen molar-refractivity contribution in [3.05, 3.63) is 41.2 Å². The summed E-state index contributed by atoms with van der Waals surface area (Å²) in [5.74, 6) is -3.91. The van der Waals surface area contributed by atoms with E-state index in [-0.39, 0.29) is 62.1 Å². The first-order valence-electron chi connectivity index (χ1n) is 17.0. The van der Waals surface area contributed by atoms with Gasteiger partial charge in [-0.2, -0.15) is 0 Å². The van der Waals surface area contributed by atoms with E-state index in [4.69, 9.17) is 10.5 Å². The number of aliphatic hydroxyl groups is 1. The van der Waals surface area contributed by atoms with Crippen molar-refractivity contribution in [3.63, 3.8) is 0 Å². The van der Waals surface area contributed by atoms with Gasteiger partial charge < -0.3 is 25.8 Å². The molecule has 3 aromatic rings. The average molecular weight is 707 g/mol. The van der Waals surface area contributed by atoms with Crippen LogP contribution >= 0.6 is 11.3 Å². The summed E-state index contributed by atoms with van der Waals surface area (Å²) in [4.78, 5) is 77.9. The van der Waals surface area contributed by atoms with Gasteiger partial charge in [0.25, 0.3) is 11.8 Å². The smallest absolute Gasteiger partial charge is 0.306 e. The Bertz CT molecular complexity index is 1780. The van der Waals surface area contributed by atoms with Crippen molar-refractivity contribution in [1.82, 2.24) is 30.2 Å². The standard InChI is InChI=1S/C34H42N8O7S/c1-33(2,48)26-18-36-40-42(26)21-17-24(29(45)39-34(27(43)28(35)44)12-14-49-15-13-34)41(19-21)32(47)23(16-20-8-4-3-5-9-20)37-30(46)31-38-22-10-6-7-11-25(22)50-31/h6-7,10-11,18,20-21,24,48H,3-5,8-9,12-17,19H2,1-2H3,(H2,35,44)(H,39,45)/b37-23+/t21-,24-/m0/s1. The quantitative estimate of drug-likeness (QED) is 0.207. The number of amides is 4. The number of hydrogen-bond donors (Lipinski definition) is 3. The number of hydrogen-bond acceptors (Lipinski definition) is 11. The number of ketones is 1. The van der Waals surface area contributed by atoms with Crippen LogP contribution in [0.5, 0.6) is 0 Å². The zero-order chi connectivity index (χ0) is 35.6. The first kappa shape index (κ1) is 35.4. The average Bonchev–Trinajstić information content (AvgIpc) is 3.86. The summed E-state index contributed by atoms with van der Waals surface area (Å²) in [6, 6.07) is 5.58. The minimum atomic E-state index is -1.60. The van der Waals surface area contributed by atoms with Gasteiger partial charge in [-0.05, 0) is 38.3 Å². The highest BCUT2D eigenvalue weighted by molar-refractivity contribution is 7.20. The maximum Gasteiger partial charge on any atom is 0.306 e. The predicted molar refractivity (Wildman–Crippen MR) is 182 cm³/mol. The second kappa shape index (κ2) is 14.4. The number of Topliss-reactive ketones (excluding diaryl/α,β-unsaturated/α-hetero) is 1. The normalized spacial score (nSPS) is 21.7. The van der Waals surface area contributed by atoms with Crippen molar-refractivity contribution < 1.29 is 33.8 Å². The van der Waals surface area contributed by atoms with Crippen molar-refractivity contribution >= 4 is 56.7 Å². The molecule has 0 bridgehead atoms. The molecule has 1 aromatic carbocycles. The number of nitrogens with one attached hydrogen (secondary N) is 1. The molecular weight excluding hydrogens is 664 g/mol. The molecule has 6 rings (SSSR count). The number of nitrogens with zero attached hydrogens (tertiary/aromatic N) is 6. The Balaban J connectivity index is 1.37. The van der Waals surface area contributed by atoms with E-state index in [0.29, 0.717) is 11.2 Å². The van der Waals surface area contributed by atoms with Crippen molar-refractivity contribution in [3.8, 4) is 0 Å². The molecule has 4 N–H and O–H groups in total. The van der Waals surface area contributed by atoms with Crippen molar-refractivity contribution in [2.75, 3.05) is 19.8 Å². The second-order valence-corrected chi connectivity index (χ2v) is 15.0. The van der Waals surface area contributed by atoms with E-state index in [1.165, 1.54) is 27.1 Å². The number of benzene rings is 1. The van der Waals surface area contributed by atoms with Crippen molar-refractivity contribution in [1.29, 1.82) is 0 Å². The van der Waals surface area contributed by atoms with Crippen LogP contribution in [0.1, 0.15) is 93.2 Å². The number of aromatic nitrogens is 4. The van der Waals surface area contributed by atoms with Gasteiger partial charge in [0.2, 0.25) is 11.7 Å². The number of likely N-dealkylation sites (tertiary alicyclic amines) is 1. The van der Waals surface area contributed by atoms with E-state index in [0.717, 1.165) is 36.8 Å². The molecule has 1 saturated carbocycles. The molecule has 4 heterocycles. The van der Waals surface area contributed by atoms with Crippen LogP contribution in [0.15, 0.2) is 35.5 Å². The fraction of sp³-hybridized carbons (Fsp3) is 0.559. The summed E-state index contributed by atoms with van der Waals surface area (Å²) < 4.78 is 7.72. The van der Waals surface area contributed by atoms with E-state index >= 15 is 0 Å². The van der Waals surface area contributed by atoms with Gasteiger partial charge in [0, 0.05) is 39.0 Å². The lowest BCUT2D eigenvalue weighted by Gasteiger charge is -2.37. The molecule has 16 heteroatoms. The largest absolute Gasteiger partial charge is 0.384 e. The number of ether oxygens (including phenoxy) is 1. The lowest BCUT2D eigenvalue weighted by Crippen LogP contribution is -2.63. The van der Waals surface area contributed by atoms with E-state index in [1.54, 1.807) is 19.9 Å². The molecule has 0 unspecified atom stereocenters. The molecule has 0 radical (unpaired) electrons. The summed E-state index contributed by atoms with van der Waals surface area (Å²) in [6.07, 6.45) is 6.62. The van der Waals surface area contributed by atoms with Crippen molar-refractivity contribution in [2.24, 2.45) is 16.6 Å². The zero-order valence-corrected chi connectivity index (χ0v) is 29.0. The van der Waals surface area contributed by atoms with E-state index < -0.39 is 52.6 Å². The molecule has 15 nitrogen and oxygen atoms in total. The molecule has 1 aliphatic carbocycles. The minimum Gasteiger partial charge on any atom is -0.384 e. The number of primary amides is 1. The third-order valence-electron chi connectivity index (χ3n) is 9.92. The van der Waals surface area contributed by atoms with Gasteiger partial charge >= 0.3 is 5.91 Å². The Morgan fingerprint density at radius 2 is 1.84 bits per heavy atom. The lowest BCUT2D eigenvalue weighted by molar-refractivity contribution is -0.146. The molecule has 2 atom stereocenters. The molecule has 266 valence electrons. The first-order chi connectivity index (χ1) is 23.9. The fourth-order valence-corrected chi connectivity index (χ4v) is 8.09. The van der Waals surface area contributed by atoms with Crippen LogP contribution in [0.3, 0.4) is 0 Å². The van der Waals surface area contributed by atoms with Crippen LogP contribution < -0.4 is 11.1 Å². The number of nitrogens with two attached hydrogens (primary N) is 1. The van der Waals surface area contributed by atoms with Gasteiger partial charge in [-0.1, -0.05) is 49.5 Å². The van der Waals surface area contributed by atoms with Crippen LogP contribution in [0.2, 0.25) is 0 Å². The van der Waals surface area contributed by atoms with Gasteiger partial charge in [-0.25, -0.2) is 14.7 Å². The highest BCUT2D eigenvalue weighted by Gasteiger charge is 2.49. The molecule has 0 spiro atoms. The van der Waals surface area contributed by atoms with Crippen LogP contribution in [-0.2, 0) is 29.5 Å². The van der Waals surface area contributed by atoms with E-state index in [2.05, 4.69) is 25.6 Å². The Labute approximate surface area is 292 Å². The maximum atomic E-state index is 14.7. The van der Waals surface area contributed by atoms with Gasteiger partial charge in [-0.15, -0.1) is 16.4 Å². The molecule has 2 aromatic heterocycles. The SMILES string of the molecule is CC(C)(O)c1cnnn1[C@H]1C[C@@H](C(=O)NC2(C(=O)C(N)=O)CCOCC2)N(C(=O)/C(CC2CCCCC2)=N/C(=O)c2nc3ccccc3s2)C1. The third-order valence-corrected chi connectivity index (χ3v) is 10.9. The number of rotatable bonds is 10. The minimum absolute atomic E-state index is 0.0231. The molecule has 2 saturated heterocycles. The molecule has 3 fully saturated rings. The van der Waals surface area contributed by atoms with Gasteiger partial charge in [0.15, 0.2) is 5.01 Å². The van der Waals surface area contributed by atoms with Gasteiger partial charge in [0.1, 0.15) is 22.9 Å². The fourth-order valence-electron chi connectivity index (χ4n) is 7.24. The number of carbonyl (C=O) groups is 5. The number of thiazole rings is 1. The van der Waals surface area contributed by atoms with Gasteiger partial charge in [-0.3, -0.25) is 24.0 Å². The molecule has 3 aliphatic rings. The summed E-state index contributed by atoms with van der Waals surface area (Å²) in [7, 11) is 0. The number of fused-ring (bicyclic) bond motifs is 1. The van der Waals surface area contributed by atoms with Crippen LogP contribution in [0.4, 0.5) is 0 Å². The number of para-hydroxylation sites is 1. The Morgan fingerprint density at radius 3 is 2.52 bits per heavy atom. The van der Waals surface area contributed by atoms with E-state index in [1.807, 2.05) is 18.2 Å². The first-order valence-corrected chi connectivity index (χ1v) is 17.8. The number of aliphatic imine (C=N–C) groups is 1. The Morgan fingerprint density at radius 1 is 1.12 bits per heavy atom. The third kappa shape index (κ3) is 7.37. The van der Waals surface area contributed by atoms with Crippen LogP contribution in [-0.4, -0.2) is 96.4 Å². The summed E-state index contributed by atoms with van der Waals surface area (Å²) in [5, 5.41) is 22.0. The van der Waals surface area contributed by atoms with Crippen molar-refractivity contribution in [2.45, 2.75) is 94.9 Å². The lowest BCUT2D eigenvalue weighted by atomic mass is 9.84. The molecule has 2 aliphatic heterocycles. The Hall–Kier alpha value is -4.41. The topological polar surface area (TPSA) is 212 Å². The Kier molecular flexibility index (Phi) is 10.2. The molecule has 4 amide bonds. The maximum absolute atomic E-state index is 14.7. The second-order valence-electron chi connectivity index (χ2n) is 13.9. The van der Waals surface area contributed by atoms with Crippen LogP contribution in [0, 0.1) is 5.92 Å².